The van der Waals surface area contributed by atoms with Gasteiger partial charge in [0.05, 0.1) is 10.4 Å². The molecule has 0 aromatic heterocycles. The minimum Gasteiger partial charge on any atom is -0.491 e. The molecule has 8 heteroatoms. The maximum atomic E-state index is 10.3. The van der Waals surface area contributed by atoms with E-state index in [9.17, 15) is 10.2 Å². The van der Waals surface area contributed by atoms with Gasteiger partial charge in [-0.05, 0) is 51.3 Å². The molecule has 0 unspecified atom stereocenters. The Kier molecular flexibility index (Phi) is 9.85. The zero-order valence-corrected chi connectivity index (χ0v) is 21.6. The highest BCUT2D eigenvalue weighted by Gasteiger charge is 2.24. The molecule has 2 aromatic carbocycles. The molecule has 1 heterocycles. The van der Waals surface area contributed by atoms with Gasteiger partial charge in [-0.15, -0.1) is 11.6 Å². The van der Waals surface area contributed by atoms with Crippen LogP contribution in [0, 0.1) is 0 Å². The average molecular weight is 542 g/mol. The Bertz CT molecular complexity index is 875. The number of β-amino-alcohol motifs (C(OH)–C–C–N with tert-alkyl or cyclic N) is 1. The highest BCUT2D eigenvalue weighted by molar-refractivity contribution is 9.10. The Hall–Kier alpha value is -1.35. The fourth-order valence-electron chi connectivity index (χ4n) is 3.81. The number of benzene rings is 2. The number of aliphatic hydroxyl groups excluding tert-OH is 2. The van der Waals surface area contributed by atoms with Crippen molar-refractivity contribution in [2.45, 2.75) is 31.5 Å². The smallest absolute Gasteiger partial charge is 0.133 e. The third kappa shape index (κ3) is 7.57. The van der Waals surface area contributed by atoms with Gasteiger partial charge >= 0.3 is 0 Å². The van der Waals surface area contributed by atoms with E-state index in [0.29, 0.717) is 12.3 Å². The predicted molar refractivity (Wildman–Crippen MR) is 136 cm³/mol. The van der Waals surface area contributed by atoms with Crippen LogP contribution < -0.4 is 14.8 Å². The van der Waals surface area contributed by atoms with Gasteiger partial charge in [0.25, 0.3) is 0 Å². The third-order valence-electron chi connectivity index (χ3n) is 5.96. The van der Waals surface area contributed by atoms with Crippen LogP contribution in [0.4, 0.5) is 0 Å². The van der Waals surface area contributed by atoms with E-state index in [2.05, 4.69) is 52.1 Å². The molecule has 0 saturated carbocycles. The van der Waals surface area contributed by atoms with Gasteiger partial charge in [0, 0.05) is 38.1 Å². The lowest BCUT2D eigenvalue weighted by Gasteiger charge is -2.29. The Morgan fingerprint density at radius 1 is 1.00 bits per heavy atom. The summed E-state index contributed by atoms with van der Waals surface area (Å²) in [5.41, 5.74) is 2.03. The molecule has 2 atom stereocenters. The summed E-state index contributed by atoms with van der Waals surface area (Å²) in [5, 5.41) is 23.2. The SMILES string of the molecule is CC(C)(c1ccc(OC[C@@H](O)CN2CCNCC2)cc1)c1ccc(OC[C@@H](O)CCl)c(Br)c1. The summed E-state index contributed by atoms with van der Waals surface area (Å²) in [6.45, 7) is 9.24. The minimum atomic E-state index is -0.696. The van der Waals surface area contributed by atoms with Crippen LogP contribution in [0.25, 0.3) is 0 Å². The van der Waals surface area contributed by atoms with Crippen molar-refractivity contribution in [2.75, 3.05) is 51.8 Å². The van der Waals surface area contributed by atoms with E-state index in [1.807, 2.05) is 30.3 Å². The molecule has 1 saturated heterocycles. The van der Waals surface area contributed by atoms with Gasteiger partial charge in [-0.2, -0.15) is 0 Å². The van der Waals surface area contributed by atoms with Gasteiger partial charge in [0.2, 0.25) is 0 Å². The lowest BCUT2D eigenvalue weighted by molar-refractivity contribution is 0.0641. The number of piperazine rings is 1. The number of hydrogen-bond acceptors (Lipinski definition) is 6. The number of nitrogens with one attached hydrogen (secondary N) is 1. The maximum absolute atomic E-state index is 10.3. The van der Waals surface area contributed by atoms with Crippen molar-refractivity contribution in [3.63, 3.8) is 0 Å². The molecule has 0 amide bonds. The van der Waals surface area contributed by atoms with Gasteiger partial charge in [0.1, 0.15) is 36.9 Å². The first-order chi connectivity index (χ1) is 15.8. The number of alkyl halides is 1. The molecule has 0 aliphatic carbocycles. The van der Waals surface area contributed by atoms with Crippen LogP contribution in [0.15, 0.2) is 46.9 Å². The monoisotopic (exact) mass is 540 g/mol. The first-order valence-corrected chi connectivity index (χ1v) is 12.6. The molecular weight excluding hydrogens is 508 g/mol. The normalized spacial score (nSPS) is 16.9. The number of rotatable bonds is 11. The van der Waals surface area contributed by atoms with Crippen LogP contribution in [0.3, 0.4) is 0 Å². The van der Waals surface area contributed by atoms with Crippen LogP contribution in [0.2, 0.25) is 0 Å². The lowest BCUT2D eigenvalue weighted by Crippen LogP contribution is -2.47. The van der Waals surface area contributed by atoms with Crippen molar-refractivity contribution in [3.05, 3.63) is 58.1 Å². The Morgan fingerprint density at radius 2 is 1.64 bits per heavy atom. The molecule has 1 aliphatic heterocycles. The number of aliphatic hydroxyl groups is 2. The summed E-state index contributed by atoms with van der Waals surface area (Å²) >= 11 is 9.20. The summed E-state index contributed by atoms with van der Waals surface area (Å²) in [4.78, 5) is 2.25. The highest BCUT2D eigenvalue weighted by atomic mass is 79.9. The molecule has 1 fully saturated rings. The van der Waals surface area contributed by atoms with Crippen LogP contribution in [0.1, 0.15) is 25.0 Å². The summed E-state index contributed by atoms with van der Waals surface area (Å²) in [6, 6.07) is 14.0. The van der Waals surface area contributed by atoms with Crippen molar-refractivity contribution < 1.29 is 19.7 Å². The van der Waals surface area contributed by atoms with Gasteiger partial charge in [-0.25, -0.2) is 0 Å². The molecular formula is C25H34BrClN2O4. The van der Waals surface area contributed by atoms with E-state index in [1.165, 1.54) is 0 Å². The van der Waals surface area contributed by atoms with Crippen LogP contribution in [-0.2, 0) is 5.41 Å². The largest absolute Gasteiger partial charge is 0.491 e. The zero-order chi connectivity index (χ0) is 23.8. The molecule has 0 bridgehead atoms. The topological polar surface area (TPSA) is 74.2 Å². The predicted octanol–water partition coefficient (Wildman–Crippen LogP) is 3.40. The van der Waals surface area contributed by atoms with E-state index in [0.717, 1.165) is 47.5 Å². The molecule has 3 rings (SSSR count). The summed E-state index contributed by atoms with van der Waals surface area (Å²) in [6.07, 6.45) is -1.21. The van der Waals surface area contributed by atoms with Crippen molar-refractivity contribution in [1.82, 2.24) is 10.2 Å². The van der Waals surface area contributed by atoms with E-state index in [-0.39, 0.29) is 24.5 Å². The van der Waals surface area contributed by atoms with E-state index < -0.39 is 12.2 Å². The van der Waals surface area contributed by atoms with Crippen molar-refractivity contribution in [3.8, 4) is 11.5 Å². The first kappa shape index (κ1) is 26.3. The number of ether oxygens (including phenoxy) is 2. The second-order valence-electron chi connectivity index (χ2n) is 8.93. The van der Waals surface area contributed by atoms with Gasteiger partial charge in [-0.1, -0.05) is 32.0 Å². The molecule has 33 heavy (non-hydrogen) atoms. The summed E-state index contributed by atoms with van der Waals surface area (Å²) < 4.78 is 12.3. The van der Waals surface area contributed by atoms with Gasteiger partial charge < -0.3 is 25.0 Å². The summed E-state index contributed by atoms with van der Waals surface area (Å²) in [7, 11) is 0. The molecule has 0 spiro atoms. The van der Waals surface area contributed by atoms with Crippen molar-refractivity contribution in [2.24, 2.45) is 0 Å². The second kappa shape index (κ2) is 12.4. The highest BCUT2D eigenvalue weighted by Crippen LogP contribution is 2.36. The fraction of sp³-hybridized carbons (Fsp3) is 0.520. The second-order valence-corrected chi connectivity index (χ2v) is 10.1. The van der Waals surface area contributed by atoms with Crippen LogP contribution >= 0.6 is 27.5 Å². The standard InChI is InChI=1S/C25H34BrClN2O4/c1-25(2,19-5-8-24(23(26)13-19)33-16-20(30)14-27)18-3-6-22(7-4-18)32-17-21(31)15-29-11-9-28-10-12-29/h3-8,13,20-21,28,30-31H,9-12,14-17H2,1-2H3/t20-,21-/m0/s1. The third-order valence-corrected chi connectivity index (χ3v) is 6.94. The average Bonchev–Trinajstić information content (AvgIpc) is 2.82. The van der Waals surface area contributed by atoms with E-state index in [4.69, 9.17) is 21.1 Å². The van der Waals surface area contributed by atoms with Gasteiger partial charge in [-0.3, -0.25) is 4.90 Å². The molecule has 3 N–H and O–H groups in total. The summed E-state index contributed by atoms with van der Waals surface area (Å²) in [5.74, 6) is 1.55. The number of nitrogens with zero attached hydrogens (tertiary/aromatic N) is 1. The van der Waals surface area contributed by atoms with Gasteiger partial charge in [0.15, 0.2) is 0 Å². The van der Waals surface area contributed by atoms with Crippen LogP contribution in [-0.4, -0.2) is 79.1 Å². The quantitative estimate of drug-likeness (QED) is 0.379. The molecule has 2 aromatic rings. The van der Waals surface area contributed by atoms with E-state index >= 15 is 0 Å². The van der Waals surface area contributed by atoms with E-state index in [1.54, 1.807) is 0 Å². The minimum absolute atomic E-state index is 0.136. The Labute approximate surface area is 210 Å². The van der Waals surface area contributed by atoms with Crippen molar-refractivity contribution in [1.29, 1.82) is 0 Å². The lowest BCUT2D eigenvalue weighted by atomic mass is 9.78. The Balaban J connectivity index is 1.57. The first-order valence-electron chi connectivity index (χ1n) is 11.3. The number of hydrogen-bond donors (Lipinski definition) is 3. The number of halogens is 2. The molecule has 1 aliphatic rings. The molecule has 0 radical (unpaired) electrons. The zero-order valence-electron chi connectivity index (χ0n) is 19.3. The Morgan fingerprint density at radius 3 is 2.27 bits per heavy atom. The van der Waals surface area contributed by atoms with Crippen LogP contribution in [0.5, 0.6) is 11.5 Å². The maximum Gasteiger partial charge on any atom is 0.133 e. The molecule has 6 nitrogen and oxygen atoms in total. The molecule has 182 valence electrons. The fourth-order valence-corrected chi connectivity index (χ4v) is 4.39. The van der Waals surface area contributed by atoms with Crippen molar-refractivity contribution >= 4 is 27.5 Å².